The van der Waals surface area contributed by atoms with Gasteiger partial charge in [0.15, 0.2) is 0 Å². The maximum absolute atomic E-state index is 12.0. The molecule has 20 heavy (non-hydrogen) atoms. The highest BCUT2D eigenvalue weighted by Gasteiger charge is 2.07. The third kappa shape index (κ3) is 2.38. The van der Waals surface area contributed by atoms with Gasteiger partial charge in [0.1, 0.15) is 0 Å². The molecule has 0 radical (unpaired) electrons. The number of hydrogen-bond acceptors (Lipinski definition) is 4. The zero-order valence-corrected chi connectivity index (χ0v) is 10.8. The van der Waals surface area contributed by atoms with Crippen LogP contribution < -0.4 is 11.3 Å². The number of nitrogen functional groups attached to an aromatic ring is 1. The molecule has 2 heterocycles. The first kappa shape index (κ1) is 12.3. The summed E-state index contributed by atoms with van der Waals surface area (Å²) in [7, 11) is 0. The van der Waals surface area contributed by atoms with Crippen molar-refractivity contribution in [3.63, 3.8) is 0 Å². The van der Waals surface area contributed by atoms with Gasteiger partial charge in [-0.15, -0.1) is 0 Å². The Balaban J connectivity index is 1.98. The monoisotopic (exact) mass is 266 g/mol. The minimum Gasteiger partial charge on any atom is -0.369 e. The van der Waals surface area contributed by atoms with Crippen molar-refractivity contribution in [3.8, 4) is 0 Å². The first-order valence-electron chi connectivity index (χ1n) is 6.41. The molecule has 3 N–H and O–H groups in total. The molecule has 0 fully saturated rings. The number of H-pyrrole nitrogens is 1. The van der Waals surface area contributed by atoms with Gasteiger partial charge in [-0.1, -0.05) is 18.2 Å². The number of nitrogens with one attached hydrogen (secondary N) is 1. The summed E-state index contributed by atoms with van der Waals surface area (Å²) in [4.78, 5) is 23.0. The molecular weight excluding hydrogens is 252 g/mol. The van der Waals surface area contributed by atoms with E-state index in [1.165, 1.54) is 0 Å². The molecule has 100 valence electrons. The van der Waals surface area contributed by atoms with Gasteiger partial charge in [-0.2, -0.15) is 0 Å². The predicted octanol–water partition coefficient (Wildman–Crippen LogP) is 1.69. The molecule has 0 spiro atoms. The van der Waals surface area contributed by atoms with Crippen LogP contribution in [-0.4, -0.2) is 15.0 Å². The molecular formula is C15H14N4O. The summed E-state index contributed by atoms with van der Waals surface area (Å²) in [6.07, 6.45) is 3.29. The van der Waals surface area contributed by atoms with Crippen LogP contribution >= 0.6 is 0 Å². The van der Waals surface area contributed by atoms with E-state index in [4.69, 9.17) is 5.73 Å². The number of pyridine rings is 1. The maximum atomic E-state index is 12.0. The fraction of sp³-hybridized carbons (Fsp3) is 0.133. The largest absolute Gasteiger partial charge is 0.369 e. The van der Waals surface area contributed by atoms with Crippen molar-refractivity contribution in [3.05, 3.63) is 64.2 Å². The van der Waals surface area contributed by atoms with E-state index in [2.05, 4.69) is 15.0 Å². The Bertz CT molecular complexity index is 796. The number of anilines is 1. The molecule has 0 saturated heterocycles. The smallest absolute Gasteiger partial charge is 0.260 e. The third-order valence-electron chi connectivity index (χ3n) is 3.21. The molecule has 5 heteroatoms. The van der Waals surface area contributed by atoms with Gasteiger partial charge in [-0.3, -0.25) is 14.8 Å². The average molecular weight is 266 g/mol. The zero-order valence-electron chi connectivity index (χ0n) is 10.8. The number of nitrogens with zero attached hydrogens (tertiary/aromatic N) is 2. The summed E-state index contributed by atoms with van der Waals surface area (Å²) in [6.45, 7) is 0. The number of aromatic nitrogens is 3. The summed E-state index contributed by atoms with van der Waals surface area (Å²) in [5.74, 6) is 0.143. The minimum atomic E-state index is -0.191. The number of nitrogens with two attached hydrogens (primary N) is 1. The van der Waals surface area contributed by atoms with Gasteiger partial charge in [0.2, 0.25) is 5.95 Å². The minimum absolute atomic E-state index is 0.143. The first-order valence-corrected chi connectivity index (χ1v) is 6.41. The molecule has 0 aliphatic heterocycles. The van der Waals surface area contributed by atoms with Gasteiger partial charge in [0.05, 0.1) is 10.9 Å². The van der Waals surface area contributed by atoms with Crippen LogP contribution in [0.3, 0.4) is 0 Å². The molecule has 0 aliphatic carbocycles. The van der Waals surface area contributed by atoms with Crippen molar-refractivity contribution < 1.29 is 0 Å². The van der Waals surface area contributed by atoms with Crippen molar-refractivity contribution >= 4 is 16.9 Å². The summed E-state index contributed by atoms with van der Waals surface area (Å²) in [5, 5.41) is 0.609. The van der Waals surface area contributed by atoms with Crippen LogP contribution in [0.25, 0.3) is 10.9 Å². The van der Waals surface area contributed by atoms with Crippen molar-refractivity contribution in [1.82, 2.24) is 15.0 Å². The average Bonchev–Trinajstić information content (AvgIpc) is 2.45. The number of hydrogen-bond donors (Lipinski definition) is 2. The summed E-state index contributed by atoms with van der Waals surface area (Å²) in [6, 6.07) is 11.5. The lowest BCUT2D eigenvalue weighted by Gasteiger charge is -2.05. The molecule has 1 aromatic carbocycles. The Hall–Kier alpha value is -2.69. The van der Waals surface area contributed by atoms with E-state index in [0.717, 1.165) is 24.1 Å². The van der Waals surface area contributed by atoms with Gasteiger partial charge in [-0.25, -0.2) is 4.98 Å². The van der Waals surface area contributed by atoms with Crippen LogP contribution in [0.2, 0.25) is 0 Å². The van der Waals surface area contributed by atoms with Crippen molar-refractivity contribution in [1.29, 1.82) is 0 Å². The van der Waals surface area contributed by atoms with E-state index in [-0.39, 0.29) is 11.5 Å². The van der Waals surface area contributed by atoms with Crippen LogP contribution in [0.4, 0.5) is 5.95 Å². The van der Waals surface area contributed by atoms with Crippen molar-refractivity contribution in [2.75, 3.05) is 5.73 Å². The van der Waals surface area contributed by atoms with Crippen LogP contribution in [0, 0.1) is 0 Å². The molecule has 0 amide bonds. The quantitative estimate of drug-likeness (QED) is 0.755. The number of aryl methyl sites for hydroxylation is 2. The van der Waals surface area contributed by atoms with Gasteiger partial charge >= 0.3 is 0 Å². The predicted molar refractivity (Wildman–Crippen MR) is 78.4 cm³/mol. The lowest BCUT2D eigenvalue weighted by atomic mass is 10.0. The molecule has 2 aromatic heterocycles. The topological polar surface area (TPSA) is 84.7 Å². The number of aromatic amines is 1. The van der Waals surface area contributed by atoms with E-state index in [1.54, 1.807) is 12.3 Å². The summed E-state index contributed by atoms with van der Waals surface area (Å²) < 4.78 is 0. The van der Waals surface area contributed by atoms with Crippen LogP contribution in [0.15, 0.2) is 47.4 Å². The van der Waals surface area contributed by atoms with Crippen molar-refractivity contribution in [2.24, 2.45) is 0 Å². The SMILES string of the molecule is Nc1nc2cccc(CCc3ccccn3)c2c(=O)[nH]1. The van der Waals surface area contributed by atoms with Crippen LogP contribution in [0.5, 0.6) is 0 Å². The molecule has 5 nitrogen and oxygen atoms in total. The number of fused-ring (bicyclic) bond motifs is 1. The Kier molecular flexibility index (Phi) is 3.16. The van der Waals surface area contributed by atoms with Crippen LogP contribution in [0.1, 0.15) is 11.3 Å². The number of rotatable bonds is 3. The summed E-state index contributed by atoms with van der Waals surface area (Å²) >= 11 is 0. The lowest BCUT2D eigenvalue weighted by Crippen LogP contribution is -2.13. The highest BCUT2D eigenvalue weighted by molar-refractivity contribution is 5.82. The Morgan fingerprint density at radius 1 is 1.10 bits per heavy atom. The van der Waals surface area contributed by atoms with Gasteiger partial charge < -0.3 is 5.73 Å². The first-order chi connectivity index (χ1) is 9.74. The van der Waals surface area contributed by atoms with Crippen LogP contribution in [-0.2, 0) is 12.8 Å². The van der Waals surface area contributed by atoms with E-state index in [1.807, 2.05) is 30.3 Å². The fourth-order valence-electron chi connectivity index (χ4n) is 2.30. The highest BCUT2D eigenvalue weighted by atomic mass is 16.1. The normalized spacial score (nSPS) is 10.8. The second kappa shape index (κ2) is 5.13. The third-order valence-corrected chi connectivity index (χ3v) is 3.21. The fourth-order valence-corrected chi connectivity index (χ4v) is 2.30. The van der Waals surface area contributed by atoms with Gasteiger partial charge in [-0.05, 0) is 36.6 Å². The van der Waals surface area contributed by atoms with Gasteiger partial charge in [0, 0.05) is 11.9 Å². The zero-order chi connectivity index (χ0) is 13.9. The standard InChI is InChI=1S/C15H14N4O/c16-15-18-12-6-3-4-10(13(12)14(20)19-15)7-8-11-5-1-2-9-17-11/h1-6,9H,7-8H2,(H3,16,18,19,20). The molecule has 3 aromatic rings. The Morgan fingerprint density at radius 2 is 2.00 bits per heavy atom. The maximum Gasteiger partial charge on any atom is 0.260 e. The molecule has 0 atom stereocenters. The second-order valence-corrected chi connectivity index (χ2v) is 4.58. The molecule has 0 saturated carbocycles. The van der Waals surface area contributed by atoms with Gasteiger partial charge in [0.25, 0.3) is 5.56 Å². The highest BCUT2D eigenvalue weighted by Crippen LogP contribution is 2.15. The van der Waals surface area contributed by atoms with E-state index in [9.17, 15) is 4.79 Å². The second-order valence-electron chi connectivity index (χ2n) is 4.58. The summed E-state index contributed by atoms with van der Waals surface area (Å²) in [5.41, 5.74) is 7.97. The Labute approximate surface area is 115 Å². The van der Waals surface area contributed by atoms with E-state index in [0.29, 0.717) is 10.9 Å². The molecule has 0 bridgehead atoms. The lowest BCUT2D eigenvalue weighted by molar-refractivity contribution is 0.918. The number of benzene rings is 1. The molecule has 0 aliphatic rings. The Morgan fingerprint density at radius 3 is 2.80 bits per heavy atom. The van der Waals surface area contributed by atoms with E-state index < -0.39 is 0 Å². The molecule has 0 unspecified atom stereocenters. The van der Waals surface area contributed by atoms with E-state index >= 15 is 0 Å². The van der Waals surface area contributed by atoms with Crippen molar-refractivity contribution in [2.45, 2.75) is 12.8 Å². The molecule has 3 rings (SSSR count).